The number of aliphatic imine (C=N–C) groups is 1. The molecule has 1 aliphatic heterocycles. The number of carbonyl (C=O) groups excluding carboxylic acids is 2. The van der Waals surface area contributed by atoms with E-state index >= 15 is 0 Å². The molecular weight excluding hydrogens is 513 g/mol. The molecule has 1 aromatic rings. The van der Waals surface area contributed by atoms with Gasteiger partial charge in [0.2, 0.25) is 11.8 Å². The van der Waals surface area contributed by atoms with Crippen molar-refractivity contribution in [3.05, 3.63) is 52.1 Å². The molecule has 1 aromatic carbocycles. The highest BCUT2D eigenvalue weighted by molar-refractivity contribution is 14.0. The third-order valence-electron chi connectivity index (χ3n) is 6.27. The molecule has 2 amide bonds. The number of nitrogens with zero attached hydrogens (tertiary/aromatic N) is 3. The van der Waals surface area contributed by atoms with E-state index in [9.17, 15) is 19.7 Å². The van der Waals surface area contributed by atoms with E-state index in [1.54, 1.807) is 25.2 Å². The average molecular weight is 539 g/mol. The number of hydrogen-bond acceptors (Lipinski definition) is 5. The molecule has 31 heavy (non-hydrogen) atoms. The number of guanidine groups is 1. The molecule has 2 N–H and O–H groups in total. The molecule has 10 heteroatoms. The van der Waals surface area contributed by atoms with Gasteiger partial charge < -0.3 is 10.6 Å². The van der Waals surface area contributed by atoms with E-state index in [1.165, 1.54) is 11.0 Å². The summed E-state index contributed by atoms with van der Waals surface area (Å²) in [7, 11) is 1.62. The van der Waals surface area contributed by atoms with E-state index in [1.807, 2.05) is 0 Å². The van der Waals surface area contributed by atoms with Crippen molar-refractivity contribution in [2.24, 2.45) is 28.7 Å². The first kappa shape index (κ1) is 23.2. The fourth-order valence-corrected chi connectivity index (χ4v) is 4.87. The van der Waals surface area contributed by atoms with E-state index in [0.29, 0.717) is 31.0 Å². The van der Waals surface area contributed by atoms with Crippen LogP contribution in [0.2, 0.25) is 0 Å². The van der Waals surface area contributed by atoms with Crippen molar-refractivity contribution < 1.29 is 14.5 Å². The number of para-hydroxylation sites is 1. The Balaban J connectivity index is 0.00000272. The molecule has 4 rings (SSSR count). The van der Waals surface area contributed by atoms with Gasteiger partial charge in [-0.2, -0.15) is 0 Å². The van der Waals surface area contributed by atoms with Gasteiger partial charge >= 0.3 is 0 Å². The van der Waals surface area contributed by atoms with E-state index in [4.69, 9.17) is 0 Å². The number of fused-ring (bicyclic) bond motifs is 5. The van der Waals surface area contributed by atoms with Crippen molar-refractivity contribution in [3.63, 3.8) is 0 Å². The smallest absolute Gasteiger partial charge is 0.274 e. The number of benzene rings is 1. The molecule has 4 unspecified atom stereocenters. The number of hydrogen-bond donors (Lipinski definition) is 2. The number of nitrogens with one attached hydrogen (secondary N) is 2. The highest BCUT2D eigenvalue weighted by Crippen LogP contribution is 2.52. The molecule has 2 aliphatic carbocycles. The van der Waals surface area contributed by atoms with Crippen LogP contribution in [-0.4, -0.2) is 47.7 Å². The molecule has 166 valence electrons. The minimum atomic E-state index is -0.408. The number of allylic oxidation sites excluding steroid dienone is 2. The number of nitro groups is 1. The standard InChI is InChI=1S/C21H25N5O4.HI/c1-22-21(24-12-15-5-2-3-6-16(15)26(29)30)23-9-4-10-25-19(27)17-13-7-8-14(11-13)18(17)20(25)28;/h2-3,5-8,13-14,17-18H,4,9-12H2,1H3,(H2,22,23,24);1H. The average Bonchev–Trinajstić information content (AvgIpc) is 3.42. The molecular formula is C21H26IN5O4. The maximum atomic E-state index is 12.7. The summed E-state index contributed by atoms with van der Waals surface area (Å²) in [6.45, 7) is 1.17. The van der Waals surface area contributed by atoms with Crippen LogP contribution >= 0.6 is 24.0 Å². The van der Waals surface area contributed by atoms with Crippen LogP contribution in [0, 0.1) is 33.8 Å². The second-order valence-electron chi connectivity index (χ2n) is 7.92. The first-order valence-electron chi connectivity index (χ1n) is 10.2. The Kier molecular flexibility index (Phi) is 7.29. The maximum absolute atomic E-state index is 12.7. The quantitative estimate of drug-likeness (QED) is 0.0802. The lowest BCUT2D eigenvalue weighted by Crippen LogP contribution is -2.39. The van der Waals surface area contributed by atoms with Crippen LogP contribution in [0.3, 0.4) is 0 Å². The summed E-state index contributed by atoms with van der Waals surface area (Å²) in [5.41, 5.74) is 0.619. The second-order valence-corrected chi connectivity index (χ2v) is 7.92. The van der Waals surface area contributed by atoms with Gasteiger partial charge in [-0.15, -0.1) is 24.0 Å². The van der Waals surface area contributed by atoms with Crippen molar-refractivity contribution in [2.45, 2.75) is 19.4 Å². The normalized spacial score (nSPS) is 26.1. The Morgan fingerprint density at radius 2 is 1.81 bits per heavy atom. The number of likely N-dealkylation sites (tertiary alicyclic amines) is 1. The number of carbonyl (C=O) groups is 2. The Morgan fingerprint density at radius 1 is 1.16 bits per heavy atom. The first-order chi connectivity index (χ1) is 14.5. The van der Waals surface area contributed by atoms with Crippen LogP contribution in [0.15, 0.2) is 41.4 Å². The topological polar surface area (TPSA) is 117 Å². The maximum Gasteiger partial charge on any atom is 0.274 e. The number of imide groups is 1. The molecule has 1 heterocycles. The van der Waals surface area contributed by atoms with Crippen molar-refractivity contribution in [3.8, 4) is 0 Å². The lowest BCUT2D eigenvalue weighted by molar-refractivity contribution is -0.385. The zero-order valence-corrected chi connectivity index (χ0v) is 19.5. The fraction of sp³-hybridized carbons (Fsp3) is 0.476. The summed E-state index contributed by atoms with van der Waals surface area (Å²) in [5.74, 6) is 0.593. The third-order valence-corrected chi connectivity index (χ3v) is 6.27. The van der Waals surface area contributed by atoms with Gasteiger partial charge in [-0.1, -0.05) is 30.4 Å². The summed E-state index contributed by atoms with van der Waals surface area (Å²) in [4.78, 5) is 41.6. The predicted octanol–water partition coefficient (Wildman–Crippen LogP) is 2.08. The lowest BCUT2D eigenvalue weighted by atomic mass is 9.85. The van der Waals surface area contributed by atoms with Gasteiger partial charge in [0.25, 0.3) is 5.69 Å². The predicted molar refractivity (Wildman–Crippen MR) is 126 cm³/mol. The molecule has 0 aromatic heterocycles. The summed E-state index contributed by atoms with van der Waals surface area (Å²) in [6.07, 6.45) is 5.72. The van der Waals surface area contributed by atoms with Crippen LogP contribution in [0.5, 0.6) is 0 Å². The third kappa shape index (κ3) is 4.43. The minimum absolute atomic E-state index is 0. The summed E-state index contributed by atoms with van der Waals surface area (Å²) in [5, 5.41) is 17.3. The lowest BCUT2D eigenvalue weighted by Gasteiger charge is -2.18. The van der Waals surface area contributed by atoms with Crippen LogP contribution in [-0.2, 0) is 16.1 Å². The van der Waals surface area contributed by atoms with Crippen molar-refractivity contribution in [2.75, 3.05) is 20.1 Å². The van der Waals surface area contributed by atoms with Gasteiger partial charge in [-0.3, -0.25) is 29.6 Å². The van der Waals surface area contributed by atoms with Gasteiger partial charge in [-0.05, 0) is 24.7 Å². The molecule has 0 radical (unpaired) electrons. The molecule has 1 saturated heterocycles. The Labute approximate surface area is 197 Å². The van der Waals surface area contributed by atoms with Crippen LogP contribution in [0.4, 0.5) is 5.69 Å². The van der Waals surface area contributed by atoms with Gasteiger partial charge in [0.05, 0.1) is 16.8 Å². The molecule has 1 saturated carbocycles. The zero-order chi connectivity index (χ0) is 21.3. The molecule has 3 aliphatic rings. The van der Waals surface area contributed by atoms with Crippen molar-refractivity contribution in [1.29, 1.82) is 0 Å². The number of nitro benzene ring substituents is 1. The molecule has 9 nitrogen and oxygen atoms in total. The van der Waals surface area contributed by atoms with Crippen LogP contribution in [0.1, 0.15) is 18.4 Å². The largest absolute Gasteiger partial charge is 0.356 e. The Hall–Kier alpha value is -2.50. The zero-order valence-electron chi connectivity index (χ0n) is 17.2. The van der Waals surface area contributed by atoms with Gasteiger partial charge in [0.1, 0.15) is 0 Å². The number of halogens is 1. The van der Waals surface area contributed by atoms with Gasteiger partial charge in [-0.25, -0.2) is 0 Å². The molecule has 4 atom stereocenters. The molecule has 2 fully saturated rings. The Bertz CT molecular complexity index is 904. The Morgan fingerprint density at radius 3 is 2.42 bits per heavy atom. The summed E-state index contributed by atoms with van der Waals surface area (Å²) < 4.78 is 0. The highest BCUT2D eigenvalue weighted by Gasteiger charge is 2.58. The van der Waals surface area contributed by atoms with Crippen LogP contribution in [0.25, 0.3) is 0 Å². The van der Waals surface area contributed by atoms with E-state index in [-0.39, 0.29) is 71.7 Å². The summed E-state index contributed by atoms with van der Waals surface area (Å²) in [6, 6.07) is 6.54. The monoisotopic (exact) mass is 539 g/mol. The molecule has 0 spiro atoms. The van der Waals surface area contributed by atoms with E-state index in [0.717, 1.165) is 6.42 Å². The second kappa shape index (κ2) is 9.75. The fourth-order valence-electron chi connectivity index (χ4n) is 4.87. The van der Waals surface area contributed by atoms with E-state index < -0.39 is 4.92 Å². The highest BCUT2D eigenvalue weighted by atomic mass is 127. The van der Waals surface area contributed by atoms with E-state index in [2.05, 4.69) is 27.8 Å². The minimum Gasteiger partial charge on any atom is -0.356 e. The van der Waals surface area contributed by atoms with Crippen molar-refractivity contribution >= 4 is 47.4 Å². The van der Waals surface area contributed by atoms with Gasteiger partial charge in [0, 0.05) is 38.3 Å². The molecule has 2 bridgehead atoms. The first-order valence-corrected chi connectivity index (χ1v) is 10.2. The van der Waals surface area contributed by atoms with Crippen LogP contribution < -0.4 is 10.6 Å². The SMILES string of the molecule is CN=C(NCCCN1C(=O)C2C3C=CC(C3)C2C1=O)NCc1ccccc1[N+](=O)[O-].I. The van der Waals surface area contributed by atoms with Gasteiger partial charge in [0.15, 0.2) is 5.96 Å². The number of amides is 2. The van der Waals surface area contributed by atoms with Crippen molar-refractivity contribution in [1.82, 2.24) is 15.5 Å². The summed E-state index contributed by atoms with van der Waals surface area (Å²) >= 11 is 0. The number of rotatable bonds is 7.